The van der Waals surface area contributed by atoms with E-state index in [4.69, 9.17) is 18.8 Å². The van der Waals surface area contributed by atoms with Crippen LogP contribution in [0.5, 0.6) is 0 Å². The van der Waals surface area contributed by atoms with E-state index >= 15 is 0 Å². The number of benzene rings is 4. The Morgan fingerprint density at radius 1 is 0.486 bits per heavy atom. The Kier molecular flexibility index (Phi) is 4.08. The average Bonchev–Trinajstić information content (AvgIpc) is 3.51. The summed E-state index contributed by atoms with van der Waals surface area (Å²) in [5.41, 5.74) is 6.29. The van der Waals surface area contributed by atoms with Gasteiger partial charge in [-0.1, -0.05) is 54.6 Å². The third kappa shape index (κ3) is 2.88. The minimum Gasteiger partial charge on any atom is -0.454 e. The predicted molar refractivity (Wildman–Crippen MR) is 145 cm³/mol. The summed E-state index contributed by atoms with van der Waals surface area (Å²) in [4.78, 5) is 9.45. The lowest BCUT2D eigenvalue weighted by molar-refractivity contribution is 0.626. The van der Waals surface area contributed by atoms with Crippen molar-refractivity contribution in [2.45, 2.75) is 0 Å². The molecule has 0 N–H and O–H groups in total. The van der Waals surface area contributed by atoms with Gasteiger partial charge in [0.2, 0.25) is 0 Å². The van der Waals surface area contributed by atoms with Crippen LogP contribution in [-0.4, -0.2) is 9.97 Å². The van der Waals surface area contributed by atoms with E-state index < -0.39 is 0 Å². The second-order valence-corrected chi connectivity index (χ2v) is 9.12. The summed E-state index contributed by atoms with van der Waals surface area (Å²) < 4.78 is 26.5. The van der Waals surface area contributed by atoms with E-state index in [9.17, 15) is 4.39 Å². The quantitative estimate of drug-likeness (QED) is 0.248. The van der Waals surface area contributed by atoms with Crippen LogP contribution in [0.4, 0.5) is 4.39 Å². The van der Waals surface area contributed by atoms with Gasteiger partial charge in [0, 0.05) is 45.1 Å². The second kappa shape index (κ2) is 7.48. The smallest absolute Gasteiger partial charge is 0.161 e. The van der Waals surface area contributed by atoms with Crippen LogP contribution in [0.1, 0.15) is 0 Å². The Bertz CT molecular complexity index is 2170. The van der Waals surface area contributed by atoms with E-state index in [1.165, 1.54) is 12.1 Å². The van der Waals surface area contributed by atoms with Crippen molar-refractivity contribution in [3.63, 3.8) is 0 Å². The molecule has 0 atom stereocenters. The van der Waals surface area contributed by atoms with E-state index in [1.54, 1.807) is 12.3 Å². The molecule has 4 aromatic carbocycles. The van der Waals surface area contributed by atoms with Gasteiger partial charge in [-0.15, -0.1) is 0 Å². The highest BCUT2D eigenvalue weighted by molar-refractivity contribution is 6.15. The van der Waals surface area contributed by atoms with Gasteiger partial charge < -0.3 is 8.83 Å². The number of hydrogen-bond donors (Lipinski definition) is 0. The molecule has 8 rings (SSSR count). The Balaban J connectivity index is 1.41. The van der Waals surface area contributed by atoms with Gasteiger partial charge in [-0.25, -0.2) is 4.39 Å². The molecule has 8 aromatic rings. The topological polar surface area (TPSA) is 52.1 Å². The number of fused-ring (bicyclic) bond motifs is 7. The van der Waals surface area contributed by atoms with Gasteiger partial charge in [0.25, 0.3) is 0 Å². The van der Waals surface area contributed by atoms with Crippen LogP contribution in [0.25, 0.3) is 77.2 Å². The molecule has 0 aliphatic carbocycles. The van der Waals surface area contributed by atoms with Gasteiger partial charge in [-0.3, -0.25) is 9.97 Å². The summed E-state index contributed by atoms with van der Waals surface area (Å²) in [6, 6.07) is 28.8. The summed E-state index contributed by atoms with van der Waals surface area (Å²) in [5.74, 6) is -0.296. The molecule has 37 heavy (non-hydrogen) atoms. The minimum absolute atomic E-state index is 0.296. The molecule has 0 saturated heterocycles. The zero-order chi connectivity index (χ0) is 24.5. The van der Waals surface area contributed by atoms with E-state index in [-0.39, 0.29) is 5.82 Å². The van der Waals surface area contributed by atoms with Gasteiger partial charge >= 0.3 is 0 Å². The molecule has 5 heteroatoms. The highest BCUT2D eigenvalue weighted by Crippen LogP contribution is 2.41. The first-order valence-corrected chi connectivity index (χ1v) is 12.0. The van der Waals surface area contributed by atoms with Crippen molar-refractivity contribution in [1.29, 1.82) is 0 Å². The van der Waals surface area contributed by atoms with E-state index in [1.807, 2.05) is 48.7 Å². The molecule has 4 heterocycles. The number of nitrogens with zero attached hydrogens (tertiary/aromatic N) is 2. The van der Waals surface area contributed by atoms with Gasteiger partial charge in [0.1, 0.15) is 28.4 Å². The number of para-hydroxylation sites is 1. The fraction of sp³-hybridized carbons (Fsp3) is 0. The second-order valence-electron chi connectivity index (χ2n) is 9.12. The highest BCUT2D eigenvalue weighted by atomic mass is 19.1. The number of furan rings is 2. The molecule has 0 aliphatic rings. The molecule has 0 spiro atoms. The maximum Gasteiger partial charge on any atom is 0.161 e. The Labute approximate surface area is 209 Å². The number of hydrogen-bond acceptors (Lipinski definition) is 4. The zero-order valence-corrected chi connectivity index (χ0v) is 19.4. The monoisotopic (exact) mass is 480 g/mol. The Morgan fingerprint density at radius 3 is 1.68 bits per heavy atom. The van der Waals surface area contributed by atoms with Crippen molar-refractivity contribution in [3.8, 4) is 22.5 Å². The maximum absolute atomic E-state index is 14.0. The van der Waals surface area contributed by atoms with Crippen LogP contribution < -0.4 is 0 Å². The standard InChI is InChI=1S/C32H17FN2O2/c33-18-9-12-28-26(17-18)25-14-16-35-30(32(25)37-28)23-11-10-22(19-5-1-2-6-20(19)23)29-31-24(13-15-34-29)21-7-3-4-8-27(21)36-31/h1-17H. The van der Waals surface area contributed by atoms with Gasteiger partial charge in [0.15, 0.2) is 11.2 Å². The molecule has 0 fully saturated rings. The van der Waals surface area contributed by atoms with Gasteiger partial charge in [-0.2, -0.15) is 0 Å². The third-order valence-corrected chi connectivity index (χ3v) is 7.08. The average molecular weight is 480 g/mol. The molecule has 4 nitrogen and oxygen atoms in total. The Morgan fingerprint density at radius 2 is 1.03 bits per heavy atom. The van der Waals surface area contributed by atoms with Gasteiger partial charge in [0.05, 0.1) is 0 Å². The first kappa shape index (κ1) is 20.2. The summed E-state index contributed by atoms with van der Waals surface area (Å²) in [5, 5.41) is 5.72. The van der Waals surface area contributed by atoms with Crippen LogP contribution in [0.3, 0.4) is 0 Å². The number of halogens is 1. The van der Waals surface area contributed by atoms with E-state index in [0.29, 0.717) is 16.9 Å². The van der Waals surface area contributed by atoms with Crippen molar-refractivity contribution < 1.29 is 13.2 Å². The predicted octanol–water partition coefficient (Wildman–Crippen LogP) is 8.90. The van der Waals surface area contributed by atoms with Crippen LogP contribution in [0.15, 0.2) is 112 Å². The minimum atomic E-state index is -0.296. The lowest BCUT2D eigenvalue weighted by Crippen LogP contribution is -1.90. The first-order valence-electron chi connectivity index (χ1n) is 12.0. The first-order chi connectivity index (χ1) is 18.3. The van der Waals surface area contributed by atoms with E-state index in [2.05, 4.69) is 30.3 Å². The summed E-state index contributed by atoms with van der Waals surface area (Å²) >= 11 is 0. The number of aromatic nitrogens is 2. The van der Waals surface area contributed by atoms with Crippen LogP contribution in [0, 0.1) is 5.82 Å². The van der Waals surface area contributed by atoms with Crippen LogP contribution in [0.2, 0.25) is 0 Å². The number of pyridine rings is 2. The maximum atomic E-state index is 14.0. The fourth-order valence-corrected chi connectivity index (χ4v) is 5.42. The molecular weight excluding hydrogens is 463 g/mol. The largest absolute Gasteiger partial charge is 0.454 e. The van der Waals surface area contributed by atoms with Crippen molar-refractivity contribution in [3.05, 3.63) is 109 Å². The van der Waals surface area contributed by atoms with Crippen molar-refractivity contribution in [1.82, 2.24) is 9.97 Å². The van der Waals surface area contributed by atoms with Crippen molar-refractivity contribution in [2.24, 2.45) is 0 Å². The SMILES string of the molecule is Fc1ccc2oc3c(-c4ccc(-c5nccc6c5oc5ccccc56)c5ccccc45)nccc3c2c1. The molecule has 174 valence electrons. The molecular formula is C32H17FN2O2. The van der Waals surface area contributed by atoms with E-state index in [0.717, 1.165) is 60.3 Å². The molecule has 0 aliphatic heterocycles. The van der Waals surface area contributed by atoms with Gasteiger partial charge in [-0.05, 0) is 47.2 Å². The molecule has 0 saturated carbocycles. The molecule has 4 aromatic heterocycles. The summed E-state index contributed by atoms with van der Waals surface area (Å²) in [7, 11) is 0. The summed E-state index contributed by atoms with van der Waals surface area (Å²) in [6.45, 7) is 0. The van der Waals surface area contributed by atoms with Crippen molar-refractivity contribution in [2.75, 3.05) is 0 Å². The highest BCUT2D eigenvalue weighted by Gasteiger charge is 2.19. The lowest BCUT2D eigenvalue weighted by Gasteiger charge is -2.11. The Hall–Kier alpha value is -5.03. The number of rotatable bonds is 2. The molecule has 0 radical (unpaired) electrons. The zero-order valence-electron chi connectivity index (χ0n) is 19.4. The van der Waals surface area contributed by atoms with Crippen molar-refractivity contribution >= 4 is 54.6 Å². The molecule has 0 unspecified atom stereocenters. The normalized spacial score (nSPS) is 11.9. The summed E-state index contributed by atoms with van der Waals surface area (Å²) in [6.07, 6.45) is 3.58. The third-order valence-electron chi connectivity index (χ3n) is 7.08. The van der Waals surface area contributed by atoms with Crippen LogP contribution in [-0.2, 0) is 0 Å². The molecule has 0 bridgehead atoms. The van der Waals surface area contributed by atoms with Crippen LogP contribution >= 0.6 is 0 Å². The molecule has 0 amide bonds. The lowest BCUT2D eigenvalue weighted by atomic mass is 9.94. The fourth-order valence-electron chi connectivity index (χ4n) is 5.42.